The van der Waals surface area contributed by atoms with Crippen LogP contribution in [-0.4, -0.2) is 55.2 Å². The number of nitrogens with one attached hydrogen (secondary N) is 1. The highest BCUT2D eigenvalue weighted by atomic mass is 16.5. The molecule has 4 aromatic rings. The summed E-state index contributed by atoms with van der Waals surface area (Å²) in [7, 11) is 0. The lowest BCUT2D eigenvalue weighted by molar-refractivity contribution is -0.119. The maximum absolute atomic E-state index is 14.5. The van der Waals surface area contributed by atoms with E-state index >= 15 is 0 Å². The molecule has 2 aromatic heterocycles. The number of hydrazone groups is 1. The van der Waals surface area contributed by atoms with E-state index in [1.165, 1.54) is 0 Å². The molecule has 7 rings (SSSR count). The van der Waals surface area contributed by atoms with Crippen molar-refractivity contribution in [2.45, 2.75) is 89.7 Å². The molecule has 10 heteroatoms. The molecular formula is C36H42N6O4. The van der Waals surface area contributed by atoms with Crippen LogP contribution in [0.25, 0.3) is 16.9 Å². The van der Waals surface area contributed by atoms with E-state index in [1.807, 2.05) is 27.3 Å². The molecule has 240 valence electrons. The lowest BCUT2D eigenvalue weighted by Gasteiger charge is -2.41. The van der Waals surface area contributed by atoms with Gasteiger partial charge >= 0.3 is 0 Å². The second-order valence-electron chi connectivity index (χ2n) is 13.3. The third-order valence-electron chi connectivity index (χ3n) is 10.2. The maximum Gasteiger partial charge on any atom is 0.259 e. The number of hydrogen-bond acceptors (Lipinski definition) is 7. The van der Waals surface area contributed by atoms with Crippen molar-refractivity contribution in [3.63, 3.8) is 0 Å². The quantitative estimate of drug-likeness (QED) is 0.243. The Hall–Kier alpha value is -4.15. The van der Waals surface area contributed by atoms with Gasteiger partial charge in [0.2, 0.25) is 11.7 Å². The summed E-state index contributed by atoms with van der Waals surface area (Å²) < 4.78 is 10.1. The highest BCUT2D eigenvalue weighted by molar-refractivity contribution is 6.16. The summed E-state index contributed by atoms with van der Waals surface area (Å²) in [5.41, 5.74) is 8.77. The van der Waals surface area contributed by atoms with Crippen LogP contribution in [0.4, 0.5) is 0 Å². The van der Waals surface area contributed by atoms with E-state index < -0.39 is 0 Å². The van der Waals surface area contributed by atoms with Crippen molar-refractivity contribution >= 4 is 17.4 Å². The van der Waals surface area contributed by atoms with Crippen molar-refractivity contribution in [3.05, 3.63) is 87.6 Å². The number of rotatable bonds is 11. The van der Waals surface area contributed by atoms with Gasteiger partial charge in [-0.25, -0.2) is 9.94 Å². The molecule has 10 nitrogen and oxygen atoms in total. The van der Waals surface area contributed by atoms with Crippen molar-refractivity contribution in [1.29, 1.82) is 0 Å². The number of aliphatic hydroxyl groups excluding tert-OH is 1. The second kappa shape index (κ2) is 12.9. The number of aliphatic hydroxyl groups is 1. The molecule has 2 aromatic carbocycles. The minimum Gasteiger partial charge on any atom is -0.396 e. The van der Waals surface area contributed by atoms with Crippen molar-refractivity contribution in [1.82, 2.24) is 24.6 Å². The fraction of sp³-hybridized carbons (Fsp3) is 0.472. The highest BCUT2D eigenvalue weighted by Crippen LogP contribution is 2.42. The van der Waals surface area contributed by atoms with E-state index in [9.17, 15) is 14.7 Å². The molecule has 0 spiro atoms. The van der Waals surface area contributed by atoms with E-state index in [0.29, 0.717) is 30.9 Å². The average Bonchev–Trinajstić information content (AvgIpc) is 3.73. The summed E-state index contributed by atoms with van der Waals surface area (Å²) >= 11 is 0. The molecule has 3 aliphatic rings. The number of nitrogens with zero attached hydrogens (tertiary/aromatic N) is 5. The predicted octanol–water partition coefficient (Wildman–Crippen LogP) is 4.99. The number of aryl methyl sites for hydroxylation is 1. The SMILES string of the molecule is CCCc1c(Cc2ccc(-c3ccccc3)c(C3=NNC(=O)C3)c2)c(=O)n(C2CCC(OCC3(CO)CCC3)CC2)c2ncnn12. The number of hydrogen-bond donors (Lipinski definition) is 2. The van der Waals surface area contributed by atoms with Crippen LogP contribution < -0.4 is 11.0 Å². The Morgan fingerprint density at radius 2 is 1.85 bits per heavy atom. The first-order valence-electron chi connectivity index (χ1n) is 16.7. The molecule has 0 saturated heterocycles. The van der Waals surface area contributed by atoms with Gasteiger partial charge in [-0.1, -0.05) is 62.2 Å². The van der Waals surface area contributed by atoms with Gasteiger partial charge in [0.15, 0.2) is 0 Å². The number of fused-ring (bicyclic) bond motifs is 1. The molecule has 3 heterocycles. The second-order valence-corrected chi connectivity index (χ2v) is 13.3. The van der Waals surface area contributed by atoms with Gasteiger partial charge in [0, 0.05) is 29.0 Å². The van der Waals surface area contributed by atoms with Crippen LogP contribution in [0.15, 0.2) is 64.8 Å². The van der Waals surface area contributed by atoms with Crippen molar-refractivity contribution in [3.8, 4) is 11.1 Å². The first kappa shape index (κ1) is 30.5. The number of aromatic nitrogens is 4. The van der Waals surface area contributed by atoms with Crippen LogP contribution in [0.2, 0.25) is 0 Å². The van der Waals surface area contributed by atoms with Crippen LogP contribution in [0, 0.1) is 5.41 Å². The standard InChI is InChI=1S/C36H42N6O4/c1-2-7-32-30(19-24-10-15-28(25-8-4-3-5-9-25)29(18-24)31-20-33(44)40-39-31)34(45)41(35-37-23-38-42(32)35)26-11-13-27(14-12-26)46-22-36(21-43)16-6-17-36/h3-5,8-10,15,18,23,26-27,43H,2,6-7,11-14,16-17,19-22H2,1H3,(H,40,44). The van der Waals surface area contributed by atoms with Gasteiger partial charge in [0.25, 0.3) is 5.56 Å². The van der Waals surface area contributed by atoms with E-state index in [-0.39, 0.29) is 42.1 Å². The zero-order valence-corrected chi connectivity index (χ0v) is 26.5. The highest BCUT2D eigenvalue weighted by Gasteiger charge is 2.38. The lowest BCUT2D eigenvalue weighted by atomic mass is 9.70. The Morgan fingerprint density at radius 1 is 1.04 bits per heavy atom. The third kappa shape index (κ3) is 5.80. The first-order chi connectivity index (χ1) is 22.5. The molecule has 2 saturated carbocycles. The normalized spacial score (nSPS) is 20.8. The summed E-state index contributed by atoms with van der Waals surface area (Å²) in [4.78, 5) is 31.2. The van der Waals surface area contributed by atoms with E-state index in [2.05, 4.69) is 57.9 Å². The third-order valence-corrected chi connectivity index (χ3v) is 10.2. The number of benzene rings is 2. The fourth-order valence-electron chi connectivity index (χ4n) is 7.40. The minimum atomic E-state index is -0.125. The smallest absolute Gasteiger partial charge is 0.259 e. The van der Waals surface area contributed by atoms with E-state index in [1.54, 1.807) is 6.33 Å². The predicted molar refractivity (Wildman–Crippen MR) is 176 cm³/mol. The van der Waals surface area contributed by atoms with Crippen molar-refractivity contribution < 1.29 is 14.6 Å². The van der Waals surface area contributed by atoms with Gasteiger partial charge < -0.3 is 9.84 Å². The molecular weight excluding hydrogens is 580 g/mol. The Kier molecular flexibility index (Phi) is 8.57. The fourth-order valence-corrected chi connectivity index (χ4v) is 7.40. The van der Waals surface area contributed by atoms with Gasteiger partial charge in [0.1, 0.15) is 6.33 Å². The molecule has 2 fully saturated rings. The summed E-state index contributed by atoms with van der Waals surface area (Å²) in [5.74, 6) is 0.473. The summed E-state index contributed by atoms with van der Waals surface area (Å²) in [6, 6.07) is 16.3. The van der Waals surface area contributed by atoms with E-state index in [4.69, 9.17) is 4.74 Å². The molecule has 0 atom stereocenters. The van der Waals surface area contributed by atoms with Crippen LogP contribution in [0.1, 0.15) is 93.1 Å². The minimum absolute atomic E-state index is 0.00456. The molecule has 0 bridgehead atoms. The topological polar surface area (TPSA) is 123 Å². The monoisotopic (exact) mass is 622 g/mol. The number of amides is 1. The molecule has 1 amide bonds. The van der Waals surface area contributed by atoms with Crippen LogP contribution in [-0.2, 0) is 22.4 Å². The van der Waals surface area contributed by atoms with Gasteiger partial charge in [-0.15, -0.1) is 0 Å². The molecule has 2 aliphatic carbocycles. The van der Waals surface area contributed by atoms with E-state index in [0.717, 1.165) is 84.9 Å². The van der Waals surface area contributed by atoms with Crippen molar-refractivity contribution in [2.24, 2.45) is 10.5 Å². The Bertz CT molecular complexity index is 1810. The zero-order chi connectivity index (χ0) is 31.7. The Morgan fingerprint density at radius 3 is 2.52 bits per heavy atom. The average molecular weight is 623 g/mol. The molecule has 0 unspecified atom stereocenters. The van der Waals surface area contributed by atoms with Gasteiger partial charge in [0.05, 0.1) is 37.1 Å². The van der Waals surface area contributed by atoms with Gasteiger partial charge in [-0.3, -0.25) is 14.2 Å². The van der Waals surface area contributed by atoms with Gasteiger partial charge in [-0.05, 0) is 67.7 Å². The molecule has 0 radical (unpaired) electrons. The molecule has 2 N–H and O–H groups in total. The maximum atomic E-state index is 14.5. The summed E-state index contributed by atoms with van der Waals surface area (Å²) in [6.07, 6.45) is 10.5. The number of ether oxygens (including phenoxy) is 1. The van der Waals surface area contributed by atoms with Crippen molar-refractivity contribution in [2.75, 3.05) is 13.2 Å². The Labute approximate surface area is 268 Å². The first-order valence-corrected chi connectivity index (χ1v) is 16.7. The summed E-state index contributed by atoms with van der Waals surface area (Å²) in [5, 5.41) is 18.8. The largest absolute Gasteiger partial charge is 0.396 e. The number of carbonyl (C=O) groups is 1. The lowest BCUT2D eigenvalue weighted by Crippen LogP contribution is -2.40. The van der Waals surface area contributed by atoms with Crippen LogP contribution in [0.5, 0.6) is 0 Å². The summed E-state index contributed by atoms with van der Waals surface area (Å²) in [6.45, 7) is 2.92. The molecule has 46 heavy (non-hydrogen) atoms. The van der Waals surface area contributed by atoms with Crippen LogP contribution >= 0.6 is 0 Å². The van der Waals surface area contributed by atoms with Crippen LogP contribution in [0.3, 0.4) is 0 Å². The zero-order valence-electron chi connectivity index (χ0n) is 26.5. The molecule has 1 aliphatic heterocycles. The number of carbonyl (C=O) groups excluding carboxylic acids is 1. The Balaban J connectivity index is 1.21. The van der Waals surface area contributed by atoms with Gasteiger partial charge in [-0.2, -0.15) is 15.2 Å².